The zero-order chi connectivity index (χ0) is 14.0. The fraction of sp³-hybridized carbons (Fsp3) is 0.385. The molecule has 0 saturated carbocycles. The second-order valence-corrected chi connectivity index (χ2v) is 5.68. The number of aryl methyl sites for hydroxylation is 2. The molecule has 102 valence electrons. The lowest BCUT2D eigenvalue weighted by atomic mass is 10.2. The minimum absolute atomic E-state index is 0.0128. The number of carbonyl (C=O) groups is 1. The summed E-state index contributed by atoms with van der Waals surface area (Å²) in [7, 11) is 1.72. The van der Waals surface area contributed by atoms with Crippen molar-refractivity contribution in [1.29, 1.82) is 0 Å². The maximum atomic E-state index is 12.3. The van der Waals surface area contributed by atoms with E-state index in [2.05, 4.69) is 10.4 Å². The molecule has 0 aliphatic heterocycles. The van der Waals surface area contributed by atoms with Crippen molar-refractivity contribution >= 4 is 28.8 Å². The third-order valence-electron chi connectivity index (χ3n) is 2.96. The third kappa shape index (κ3) is 2.82. The third-order valence-corrected chi connectivity index (χ3v) is 4.40. The van der Waals surface area contributed by atoms with E-state index >= 15 is 0 Å². The Morgan fingerprint density at radius 3 is 2.84 bits per heavy atom. The first kappa shape index (κ1) is 14.1. The lowest BCUT2D eigenvalue weighted by Crippen LogP contribution is -2.29. The second-order valence-electron chi connectivity index (χ2n) is 4.32. The van der Waals surface area contributed by atoms with Crippen molar-refractivity contribution in [2.24, 2.45) is 7.05 Å². The predicted molar refractivity (Wildman–Crippen MR) is 77.8 cm³/mol. The molecule has 0 spiro atoms. The van der Waals surface area contributed by atoms with Crippen molar-refractivity contribution in [2.75, 3.05) is 0 Å². The molecule has 19 heavy (non-hydrogen) atoms. The van der Waals surface area contributed by atoms with E-state index in [0.29, 0.717) is 16.4 Å². The zero-order valence-corrected chi connectivity index (χ0v) is 12.7. The fourth-order valence-corrected chi connectivity index (χ4v) is 3.08. The van der Waals surface area contributed by atoms with Gasteiger partial charge in [-0.25, -0.2) is 0 Å². The van der Waals surface area contributed by atoms with Gasteiger partial charge in [0.2, 0.25) is 0 Å². The molecular weight excluding hydrogens is 282 g/mol. The quantitative estimate of drug-likeness (QED) is 0.941. The van der Waals surface area contributed by atoms with Crippen LogP contribution in [0.1, 0.15) is 40.4 Å². The Morgan fingerprint density at radius 1 is 1.63 bits per heavy atom. The minimum Gasteiger partial charge on any atom is -0.343 e. The lowest BCUT2D eigenvalue weighted by Gasteiger charge is -2.15. The van der Waals surface area contributed by atoms with Gasteiger partial charge < -0.3 is 5.32 Å². The number of nitrogens with one attached hydrogen (secondary N) is 1. The highest BCUT2D eigenvalue weighted by Crippen LogP contribution is 2.24. The van der Waals surface area contributed by atoms with E-state index in [0.717, 1.165) is 11.3 Å². The van der Waals surface area contributed by atoms with Crippen molar-refractivity contribution in [2.45, 2.75) is 26.3 Å². The number of aromatic nitrogens is 2. The molecule has 2 aromatic heterocycles. The van der Waals surface area contributed by atoms with Gasteiger partial charge in [0, 0.05) is 11.9 Å². The maximum Gasteiger partial charge on any atom is 0.271 e. The molecule has 0 unspecified atom stereocenters. The highest BCUT2D eigenvalue weighted by atomic mass is 35.5. The molecule has 0 aliphatic carbocycles. The Hall–Kier alpha value is -1.33. The summed E-state index contributed by atoms with van der Waals surface area (Å²) in [6.07, 6.45) is 0.834. The average Bonchev–Trinajstić information content (AvgIpc) is 2.96. The molecule has 1 amide bonds. The summed E-state index contributed by atoms with van der Waals surface area (Å²) in [5.74, 6) is -0.187. The van der Waals surface area contributed by atoms with Crippen LogP contribution >= 0.6 is 22.9 Å². The van der Waals surface area contributed by atoms with E-state index in [9.17, 15) is 4.79 Å². The first-order valence-corrected chi connectivity index (χ1v) is 7.33. The number of hydrogen-bond donors (Lipinski definition) is 1. The highest BCUT2D eigenvalue weighted by Gasteiger charge is 2.21. The van der Waals surface area contributed by atoms with Gasteiger partial charge in [-0.3, -0.25) is 9.48 Å². The Balaban J connectivity index is 2.21. The highest BCUT2D eigenvalue weighted by molar-refractivity contribution is 7.10. The molecule has 0 bridgehead atoms. The van der Waals surface area contributed by atoms with Crippen LogP contribution in [0.25, 0.3) is 0 Å². The van der Waals surface area contributed by atoms with E-state index in [1.165, 1.54) is 4.68 Å². The molecule has 2 aromatic rings. The Morgan fingerprint density at radius 2 is 2.37 bits per heavy atom. The van der Waals surface area contributed by atoms with E-state index in [1.54, 1.807) is 25.3 Å². The minimum atomic E-state index is -0.187. The molecule has 0 aliphatic rings. The van der Waals surface area contributed by atoms with Crippen LogP contribution in [-0.2, 0) is 7.05 Å². The van der Waals surface area contributed by atoms with Crippen molar-refractivity contribution < 1.29 is 4.79 Å². The predicted octanol–water partition coefficient (Wildman–Crippen LogP) is 3.32. The largest absolute Gasteiger partial charge is 0.343 e. The van der Waals surface area contributed by atoms with E-state index in [4.69, 9.17) is 11.6 Å². The topological polar surface area (TPSA) is 46.9 Å². The van der Waals surface area contributed by atoms with Gasteiger partial charge >= 0.3 is 0 Å². The normalized spacial score (nSPS) is 12.4. The van der Waals surface area contributed by atoms with Crippen molar-refractivity contribution in [3.05, 3.63) is 38.8 Å². The Kier molecular flexibility index (Phi) is 4.27. The summed E-state index contributed by atoms with van der Waals surface area (Å²) < 4.78 is 1.52. The summed E-state index contributed by atoms with van der Waals surface area (Å²) >= 11 is 7.76. The average molecular weight is 298 g/mol. The van der Waals surface area contributed by atoms with Crippen LogP contribution in [0, 0.1) is 6.92 Å². The summed E-state index contributed by atoms with van der Waals surface area (Å²) in [5.41, 5.74) is 1.08. The lowest BCUT2D eigenvalue weighted by molar-refractivity contribution is 0.0927. The summed E-state index contributed by atoms with van der Waals surface area (Å²) in [5, 5.41) is 9.58. The number of hydrogen-bond acceptors (Lipinski definition) is 3. The molecule has 0 saturated heterocycles. The smallest absolute Gasteiger partial charge is 0.271 e. The summed E-state index contributed by atoms with van der Waals surface area (Å²) in [6, 6.07) is 4.02. The van der Waals surface area contributed by atoms with Crippen molar-refractivity contribution in [3.8, 4) is 0 Å². The fourth-order valence-electron chi connectivity index (χ4n) is 1.97. The van der Waals surface area contributed by atoms with Crippen LogP contribution in [0.15, 0.2) is 17.5 Å². The Bertz CT molecular complexity index is 577. The Labute approximate surface area is 121 Å². The molecule has 0 radical (unpaired) electrons. The second kappa shape index (κ2) is 5.75. The van der Waals surface area contributed by atoms with Crippen LogP contribution in [0.2, 0.25) is 5.02 Å². The number of thiophene rings is 1. The summed E-state index contributed by atoms with van der Waals surface area (Å²) in [6.45, 7) is 3.83. The van der Waals surface area contributed by atoms with Gasteiger partial charge in [-0.2, -0.15) is 5.10 Å². The first-order valence-electron chi connectivity index (χ1n) is 6.08. The van der Waals surface area contributed by atoms with Gasteiger partial charge in [-0.05, 0) is 24.8 Å². The van der Waals surface area contributed by atoms with Gasteiger partial charge in [0.25, 0.3) is 5.91 Å². The monoisotopic (exact) mass is 297 g/mol. The van der Waals surface area contributed by atoms with Crippen LogP contribution in [0.5, 0.6) is 0 Å². The molecule has 2 heterocycles. The van der Waals surface area contributed by atoms with Crippen molar-refractivity contribution in [1.82, 2.24) is 15.1 Å². The van der Waals surface area contributed by atoms with E-state index < -0.39 is 0 Å². The van der Waals surface area contributed by atoms with Crippen LogP contribution in [0.4, 0.5) is 0 Å². The van der Waals surface area contributed by atoms with Gasteiger partial charge in [0.05, 0.1) is 16.8 Å². The van der Waals surface area contributed by atoms with Crippen LogP contribution < -0.4 is 5.32 Å². The molecule has 0 fully saturated rings. The number of nitrogens with zero attached hydrogens (tertiary/aromatic N) is 2. The van der Waals surface area contributed by atoms with E-state index in [1.807, 2.05) is 24.4 Å². The van der Waals surface area contributed by atoms with Crippen molar-refractivity contribution in [3.63, 3.8) is 0 Å². The number of amides is 1. The molecule has 1 N–H and O–H groups in total. The molecule has 6 heteroatoms. The van der Waals surface area contributed by atoms with Gasteiger partial charge in [0.1, 0.15) is 5.69 Å². The van der Waals surface area contributed by atoms with Gasteiger partial charge in [0.15, 0.2) is 0 Å². The van der Waals surface area contributed by atoms with Crippen LogP contribution in [-0.4, -0.2) is 15.7 Å². The van der Waals surface area contributed by atoms with E-state index in [-0.39, 0.29) is 11.9 Å². The number of carbonyl (C=O) groups excluding carboxylic acids is 1. The first-order chi connectivity index (χ1) is 9.04. The van der Waals surface area contributed by atoms with Gasteiger partial charge in [-0.1, -0.05) is 24.6 Å². The SMILES string of the molecule is CC[C@H](NC(=O)c1c(Cl)c(C)nn1C)c1cccs1. The zero-order valence-electron chi connectivity index (χ0n) is 11.1. The standard InChI is InChI=1S/C13H16ClN3OS/c1-4-9(10-6-5-7-19-10)15-13(18)12-11(14)8(2)16-17(12)3/h5-7,9H,4H2,1-3H3,(H,15,18)/t9-/m0/s1. The number of halogens is 1. The number of rotatable bonds is 4. The molecule has 2 rings (SSSR count). The molecule has 1 atom stereocenters. The maximum absolute atomic E-state index is 12.3. The molecule has 0 aromatic carbocycles. The molecule has 4 nitrogen and oxygen atoms in total. The molecular formula is C13H16ClN3OS. The van der Waals surface area contributed by atoms with Crippen LogP contribution in [0.3, 0.4) is 0 Å². The summed E-state index contributed by atoms with van der Waals surface area (Å²) in [4.78, 5) is 13.5. The van der Waals surface area contributed by atoms with Gasteiger partial charge in [-0.15, -0.1) is 11.3 Å².